The summed E-state index contributed by atoms with van der Waals surface area (Å²) in [5.74, 6) is 0.0356. The van der Waals surface area contributed by atoms with Gasteiger partial charge in [-0.25, -0.2) is 4.98 Å². The van der Waals surface area contributed by atoms with Crippen LogP contribution in [0.5, 0.6) is 5.75 Å². The van der Waals surface area contributed by atoms with Gasteiger partial charge in [0.15, 0.2) is 0 Å². The summed E-state index contributed by atoms with van der Waals surface area (Å²) in [6.07, 6.45) is -4.67. The Bertz CT molecular complexity index is 1350. The van der Waals surface area contributed by atoms with Crippen molar-refractivity contribution in [3.8, 4) is 17.0 Å². The number of aromatic nitrogens is 1. The molecule has 164 valence electrons. The van der Waals surface area contributed by atoms with Crippen LogP contribution in [0.2, 0.25) is 0 Å². The first-order valence-electron chi connectivity index (χ1n) is 9.35. The Morgan fingerprint density at radius 1 is 1.12 bits per heavy atom. The van der Waals surface area contributed by atoms with Crippen molar-refractivity contribution in [2.75, 3.05) is 12.8 Å². The van der Waals surface area contributed by atoms with E-state index >= 15 is 0 Å². The highest BCUT2D eigenvalue weighted by Crippen LogP contribution is 2.44. The van der Waals surface area contributed by atoms with Crippen LogP contribution in [0.1, 0.15) is 26.4 Å². The van der Waals surface area contributed by atoms with Gasteiger partial charge in [-0.2, -0.15) is 13.2 Å². The standard InChI is InChI=1S/C23H16BrF3N2O2S/c1-11-3-5-12(6-4-11)16-10-14(23(25,26)27)18-19(28)21(32-22(18)29-16)20(30)13-7-8-17(31-2)15(24)9-13/h3-10H,28H2,1-2H3. The van der Waals surface area contributed by atoms with E-state index in [1.165, 1.54) is 13.2 Å². The first kappa shape index (κ1) is 22.3. The molecule has 4 nitrogen and oxygen atoms in total. The summed E-state index contributed by atoms with van der Waals surface area (Å²) in [5, 5.41) is -0.255. The number of anilines is 1. The highest BCUT2D eigenvalue weighted by Gasteiger charge is 2.36. The van der Waals surface area contributed by atoms with Crippen molar-refractivity contribution in [1.82, 2.24) is 4.98 Å². The highest BCUT2D eigenvalue weighted by atomic mass is 79.9. The molecule has 2 heterocycles. The zero-order valence-electron chi connectivity index (χ0n) is 16.9. The number of nitrogens with zero attached hydrogens (tertiary/aromatic N) is 1. The number of carbonyl (C=O) groups excluding carboxylic acids is 1. The largest absolute Gasteiger partial charge is 0.496 e. The van der Waals surface area contributed by atoms with E-state index in [2.05, 4.69) is 20.9 Å². The van der Waals surface area contributed by atoms with Crippen molar-refractivity contribution in [2.45, 2.75) is 13.1 Å². The second-order valence-electron chi connectivity index (χ2n) is 7.12. The quantitative estimate of drug-likeness (QED) is 0.298. The maximum absolute atomic E-state index is 13.9. The maximum Gasteiger partial charge on any atom is 0.417 e. The number of ketones is 1. The van der Waals surface area contributed by atoms with Gasteiger partial charge in [0.2, 0.25) is 5.78 Å². The summed E-state index contributed by atoms with van der Waals surface area (Å²) in [5.41, 5.74) is 6.90. The average Bonchev–Trinajstić information content (AvgIpc) is 3.08. The monoisotopic (exact) mass is 520 g/mol. The fourth-order valence-corrected chi connectivity index (χ4v) is 4.95. The van der Waals surface area contributed by atoms with Gasteiger partial charge in [0, 0.05) is 16.5 Å². The molecule has 4 rings (SSSR count). The summed E-state index contributed by atoms with van der Waals surface area (Å²) in [6.45, 7) is 1.89. The van der Waals surface area contributed by atoms with Gasteiger partial charge in [-0.3, -0.25) is 4.79 Å². The molecule has 0 radical (unpaired) electrons. The summed E-state index contributed by atoms with van der Waals surface area (Å²) >= 11 is 4.17. The van der Waals surface area contributed by atoms with Crippen LogP contribution in [0.3, 0.4) is 0 Å². The Morgan fingerprint density at radius 3 is 2.41 bits per heavy atom. The zero-order valence-corrected chi connectivity index (χ0v) is 19.3. The molecule has 0 atom stereocenters. The fraction of sp³-hybridized carbons (Fsp3) is 0.130. The van der Waals surface area contributed by atoms with Gasteiger partial charge in [0.05, 0.1) is 28.5 Å². The van der Waals surface area contributed by atoms with E-state index in [0.29, 0.717) is 15.8 Å². The zero-order chi connectivity index (χ0) is 23.2. The second kappa shape index (κ2) is 8.22. The molecule has 9 heteroatoms. The molecule has 0 aliphatic rings. The number of ether oxygens (including phenoxy) is 1. The first-order chi connectivity index (χ1) is 15.1. The molecule has 0 fully saturated rings. The number of halogens is 4. The number of fused-ring (bicyclic) bond motifs is 1. The smallest absolute Gasteiger partial charge is 0.417 e. The molecule has 0 amide bonds. The Labute approximate surface area is 194 Å². The van der Waals surface area contributed by atoms with E-state index in [1.54, 1.807) is 36.4 Å². The molecular weight excluding hydrogens is 505 g/mol. The number of hydrogen-bond donors (Lipinski definition) is 1. The summed E-state index contributed by atoms with van der Waals surface area (Å²) in [6, 6.07) is 12.7. The number of thiophene rings is 1. The van der Waals surface area contributed by atoms with E-state index in [-0.39, 0.29) is 32.0 Å². The third-order valence-corrected chi connectivity index (χ3v) is 6.69. The Hall–Kier alpha value is -2.91. The van der Waals surface area contributed by atoms with Gasteiger partial charge in [-0.15, -0.1) is 11.3 Å². The lowest BCUT2D eigenvalue weighted by Crippen LogP contribution is -2.08. The van der Waals surface area contributed by atoms with E-state index in [0.717, 1.165) is 23.0 Å². The minimum Gasteiger partial charge on any atom is -0.496 e. The normalized spacial score (nSPS) is 11.7. The molecule has 4 aromatic rings. The number of benzene rings is 2. The van der Waals surface area contributed by atoms with Crippen molar-refractivity contribution >= 4 is 49.0 Å². The number of aryl methyl sites for hydroxylation is 1. The van der Waals surface area contributed by atoms with Gasteiger partial charge in [0.1, 0.15) is 15.5 Å². The Morgan fingerprint density at radius 2 is 1.81 bits per heavy atom. The SMILES string of the molecule is COc1ccc(C(=O)c2sc3nc(-c4ccc(C)cc4)cc(C(F)(F)F)c3c2N)cc1Br. The van der Waals surface area contributed by atoms with Crippen molar-refractivity contribution in [1.29, 1.82) is 0 Å². The van der Waals surface area contributed by atoms with E-state index in [1.807, 2.05) is 6.92 Å². The molecule has 32 heavy (non-hydrogen) atoms. The lowest BCUT2D eigenvalue weighted by atomic mass is 10.0. The number of hydrogen-bond acceptors (Lipinski definition) is 5. The van der Waals surface area contributed by atoms with E-state index in [9.17, 15) is 18.0 Å². The first-order valence-corrected chi connectivity index (χ1v) is 11.0. The molecule has 2 N–H and O–H groups in total. The van der Waals surface area contributed by atoms with Crippen LogP contribution in [0.15, 0.2) is 53.0 Å². The molecule has 0 aliphatic heterocycles. The van der Waals surface area contributed by atoms with Gasteiger partial charge < -0.3 is 10.5 Å². The number of carbonyl (C=O) groups is 1. The maximum atomic E-state index is 13.9. The molecular formula is C23H16BrF3N2O2S. The molecule has 2 aromatic carbocycles. The third kappa shape index (κ3) is 3.98. The van der Waals surface area contributed by atoms with Crippen LogP contribution in [0, 0.1) is 6.92 Å². The van der Waals surface area contributed by atoms with E-state index < -0.39 is 17.5 Å². The van der Waals surface area contributed by atoms with Crippen molar-refractivity contribution < 1.29 is 22.7 Å². The fourth-order valence-electron chi connectivity index (χ4n) is 3.32. The van der Waals surface area contributed by atoms with Crippen LogP contribution in [-0.2, 0) is 6.18 Å². The number of pyridine rings is 1. The predicted octanol–water partition coefficient (Wildman–Crippen LogP) is 6.87. The molecule has 0 unspecified atom stereocenters. The van der Waals surface area contributed by atoms with Gasteiger partial charge in [-0.05, 0) is 47.1 Å². The van der Waals surface area contributed by atoms with Gasteiger partial charge in [0.25, 0.3) is 0 Å². The average molecular weight is 521 g/mol. The lowest BCUT2D eigenvalue weighted by Gasteiger charge is -2.11. The van der Waals surface area contributed by atoms with Crippen molar-refractivity contribution in [2.24, 2.45) is 0 Å². The topological polar surface area (TPSA) is 65.2 Å². The predicted molar refractivity (Wildman–Crippen MR) is 123 cm³/mol. The third-order valence-electron chi connectivity index (χ3n) is 4.97. The Balaban J connectivity index is 1.91. The van der Waals surface area contributed by atoms with Crippen LogP contribution in [0.4, 0.5) is 18.9 Å². The van der Waals surface area contributed by atoms with E-state index in [4.69, 9.17) is 10.5 Å². The number of methoxy groups -OCH3 is 1. The van der Waals surface area contributed by atoms with Crippen molar-refractivity contribution in [3.05, 3.63) is 74.6 Å². The lowest BCUT2D eigenvalue weighted by molar-refractivity contribution is -0.136. The van der Waals surface area contributed by atoms with Gasteiger partial charge in [-0.1, -0.05) is 29.8 Å². The molecule has 0 saturated heterocycles. The number of alkyl halides is 3. The highest BCUT2D eigenvalue weighted by molar-refractivity contribution is 9.10. The Kier molecular flexibility index (Phi) is 5.72. The molecule has 0 bridgehead atoms. The second-order valence-corrected chi connectivity index (χ2v) is 8.98. The van der Waals surface area contributed by atoms with Crippen LogP contribution >= 0.6 is 27.3 Å². The van der Waals surface area contributed by atoms with Crippen molar-refractivity contribution in [3.63, 3.8) is 0 Å². The number of nitrogen functional groups attached to an aromatic ring is 1. The molecule has 0 saturated carbocycles. The van der Waals surface area contributed by atoms with Crippen LogP contribution in [0.25, 0.3) is 21.5 Å². The minimum atomic E-state index is -4.67. The summed E-state index contributed by atoms with van der Waals surface area (Å²) in [7, 11) is 1.49. The number of rotatable bonds is 4. The molecule has 0 aliphatic carbocycles. The van der Waals surface area contributed by atoms with Gasteiger partial charge >= 0.3 is 6.18 Å². The molecule has 0 spiro atoms. The minimum absolute atomic E-state index is 0.0103. The van der Waals surface area contributed by atoms with Crippen LogP contribution in [-0.4, -0.2) is 17.9 Å². The molecule has 2 aromatic heterocycles. The van der Waals surface area contributed by atoms with Crippen LogP contribution < -0.4 is 10.5 Å². The summed E-state index contributed by atoms with van der Waals surface area (Å²) < 4.78 is 47.5. The number of nitrogens with two attached hydrogens (primary N) is 1. The summed E-state index contributed by atoms with van der Waals surface area (Å²) in [4.78, 5) is 17.6.